The van der Waals surface area contributed by atoms with Crippen LogP contribution < -0.4 is 20.3 Å². The van der Waals surface area contributed by atoms with Gasteiger partial charge in [0, 0.05) is 31.4 Å². The van der Waals surface area contributed by atoms with Crippen LogP contribution in [-0.4, -0.2) is 54.7 Å². The molecule has 0 spiro atoms. The zero-order valence-electron chi connectivity index (χ0n) is 20.7. The van der Waals surface area contributed by atoms with Gasteiger partial charge in [0.1, 0.15) is 17.6 Å². The fourth-order valence-corrected chi connectivity index (χ4v) is 4.00. The molecule has 2 heterocycles. The van der Waals surface area contributed by atoms with Gasteiger partial charge >= 0.3 is 0 Å². The highest BCUT2D eigenvalue weighted by Crippen LogP contribution is 2.18. The van der Waals surface area contributed by atoms with Crippen molar-refractivity contribution in [3.63, 3.8) is 0 Å². The fraction of sp³-hybridized carbons (Fsp3) is 0.500. The number of hydrogen-bond acceptors (Lipinski definition) is 6. The van der Waals surface area contributed by atoms with Crippen LogP contribution in [0.1, 0.15) is 50.5 Å². The molecule has 1 aliphatic rings. The van der Waals surface area contributed by atoms with Crippen molar-refractivity contribution in [2.75, 3.05) is 24.6 Å². The number of nitrogens with one attached hydrogen (secondary N) is 2. The van der Waals surface area contributed by atoms with Crippen LogP contribution >= 0.6 is 0 Å². The molecule has 184 valence electrons. The first-order valence-corrected chi connectivity index (χ1v) is 11.9. The first-order valence-electron chi connectivity index (χ1n) is 11.9. The van der Waals surface area contributed by atoms with Gasteiger partial charge in [0.15, 0.2) is 0 Å². The van der Waals surface area contributed by atoms with Gasteiger partial charge in [-0.15, -0.1) is 0 Å². The SMILES string of the molecule is CCOc1ccc(C(=O)NC(C(=O)NCc2ccc(N3CC(C)OC(C)C3)nc2)C(C)C)cc1. The molecule has 0 saturated carbocycles. The highest BCUT2D eigenvalue weighted by molar-refractivity contribution is 5.97. The normalized spacial score (nSPS) is 18.9. The van der Waals surface area contributed by atoms with Crippen molar-refractivity contribution in [3.05, 3.63) is 53.7 Å². The van der Waals surface area contributed by atoms with E-state index in [2.05, 4.69) is 34.4 Å². The first-order chi connectivity index (χ1) is 16.3. The third kappa shape index (κ3) is 6.93. The number of carbonyl (C=O) groups is 2. The summed E-state index contributed by atoms with van der Waals surface area (Å²) in [5, 5.41) is 5.78. The Hall–Kier alpha value is -3.13. The third-order valence-corrected chi connectivity index (χ3v) is 5.68. The number of hydrogen-bond donors (Lipinski definition) is 2. The van der Waals surface area contributed by atoms with E-state index in [0.29, 0.717) is 24.5 Å². The summed E-state index contributed by atoms with van der Waals surface area (Å²) in [6, 6.07) is 10.2. The number of anilines is 1. The smallest absolute Gasteiger partial charge is 0.251 e. The predicted octanol–water partition coefficient (Wildman–Crippen LogP) is 3.16. The highest BCUT2D eigenvalue weighted by atomic mass is 16.5. The minimum absolute atomic E-state index is 0.0718. The quantitative estimate of drug-likeness (QED) is 0.587. The number of carbonyl (C=O) groups excluding carboxylic acids is 2. The number of pyridine rings is 1. The van der Waals surface area contributed by atoms with E-state index in [1.54, 1.807) is 30.5 Å². The number of nitrogens with zero attached hydrogens (tertiary/aromatic N) is 2. The van der Waals surface area contributed by atoms with Gasteiger partial charge in [-0.2, -0.15) is 0 Å². The maximum absolute atomic E-state index is 12.9. The van der Waals surface area contributed by atoms with E-state index in [0.717, 1.165) is 24.5 Å². The lowest BCUT2D eigenvalue weighted by molar-refractivity contribution is -0.124. The van der Waals surface area contributed by atoms with Gasteiger partial charge in [0.2, 0.25) is 5.91 Å². The Morgan fingerprint density at radius 3 is 2.35 bits per heavy atom. The summed E-state index contributed by atoms with van der Waals surface area (Å²) in [6.07, 6.45) is 2.11. The summed E-state index contributed by atoms with van der Waals surface area (Å²) in [4.78, 5) is 32.3. The molecule has 1 aliphatic heterocycles. The van der Waals surface area contributed by atoms with E-state index in [1.165, 1.54) is 0 Å². The lowest BCUT2D eigenvalue weighted by Gasteiger charge is -2.36. The topological polar surface area (TPSA) is 92.8 Å². The summed E-state index contributed by atoms with van der Waals surface area (Å²) in [5.41, 5.74) is 1.38. The summed E-state index contributed by atoms with van der Waals surface area (Å²) < 4.78 is 11.2. The van der Waals surface area contributed by atoms with E-state index in [1.807, 2.05) is 32.9 Å². The Bertz CT molecular complexity index is 936. The second-order valence-corrected chi connectivity index (χ2v) is 9.06. The van der Waals surface area contributed by atoms with Gasteiger partial charge in [-0.3, -0.25) is 9.59 Å². The predicted molar refractivity (Wildman–Crippen MR) is 132 cm³/mol. The number of aromatic nitrogens is 1. The molecule has 34 heavy (non-hydrogen) atoms. The fourth-order valence-electron chi connectivity index (χ4n) is 4.00. The van der Waals surface area contributed by atoms with Crippen molar-refractivity contribution in [1.82, 2.24) is 15.6 Å². The molecular formula is C26H36N4O4. The zero-order chi connectivity index (χ0) is 24.7. The molecule has 3 rings (SSSR count). The van der Waals surface area contributed by atoms with Crippen LogP contribution in [0.15, 0.2) is 42.6 Å². The maximum atomic E-state index is 12.9. The molecule has 2 aromatic rings. The summed E-state index contributed by atoms with van der Waals surface area (Å²) >= 11 is 0. The summed E-state index contributed by atoms with van der Waals surface area (Å²) in [7, 11) is 0. The zero-order valence-corrected chi connectivity index (χ0v) is 20.7. The number of amides is 2. The van der Waals surface area contributed by atoms with Crippen molar-refractivity contribution in [3.8, 4) is 5.75 Å². The van der Waals surface area contributed by atoms with Crippen LogP contribution in [0, 0.1) is 5.92 Å². The summed E-state index contributed by atoms with van der Waals surface area (Å²) in [6.45, 7) is 12.3. The molecule has 0 bridgehead atoms. The van der Waals surface area contributed by atoms with Crippen molar-refractivity contribution in [2.24, 2.45) is 5.92 Å². The molecule has 8 heteroatoms. The van der Waals surface area contributed by atoms with Gasteiger partial charge in [-0.1, -0.05) is 19.9 Å². The van der Waals surface area contributed by atoms with Crippen LogP contribution in [0.25, 0.3) is 0 Å². The molecule has 3 atom stereocenters. The van der Waals surface area contributed by atoms with E-state index in [-0.39, 0.29) is 29.9 Å². The van der Waals surface area contributed by atoms with Gasteiger partial charge in [0.05, 0.1) is 18.8 Å². The molecule has 1 aromatic heterocycles. The van der Waals surface area contributed by atoms with Gasteiger partial charge in [0.25, 0.3) is 5.91 Å². The van der Waals surface area contributed by atoms with E-state index in [4.69, 9.17) is 9.47 Å². The van der Waals surface area contributed by atoms with Crippen LogP contribution in [-0.2, 0) is 16.1 Å². The molecule has 1 fully saturated rings. The molecule has 0 aliphatic carbocycles. The average Bonchev–Trinajstić information content (AvgIpc) is 2.81. The molecule has 1 saturated heterocycles. The Morgan fingerprint density at radius 1 is 1.12 bits per heavy atom. The number of morpholine rings is 1. The van der Waals surface area contributed by atoms with E-state index < -0.39 is 6.04 Å². The Kier molecular flexibility index (Phi) is 8.87. The van der Waals surface area contributed by atoms with Gasteiger partial charge in [-0.05, 0) is 62.6 Å². The Balaban J connectivity index is 1.55. The first kappa shape index (κ1) is 25.5. The second kappa shape index (κ2) is 11.8. The largest absolute Gasteiger partial charge is 0.494 e. The standard InChI is InChI=1S/C26H36N4O4/c1-6-33-22-10-8-21(9-11-22)25(31)29-24(17(2)3)26(32)28-14-20-7-12-23(27-13-20)30-15-18(4)34-19(5)16-30/h7-13,17-19,24H,6,14-16H2,1-5H3,(H,28,32)(H,29,31). The van der Waals surface area contributed by atoms with Crippen molar-refractivity contribution in [1.29, 1.82) is 0 Å². The van der Waals surface area contributed by atoms with Crippen molar-refractivity contribution in [2.45, 2.75) is 59.4 Å². The maximum Gasteiger partial charge on any atom is 0.251 e. The number of rotatable bonds is 9. The molecule has 2 N–H and O–H groups in total. The molecule has 1 aromatic carbocycles. The van der Waals surface area contributed by atoms with Gasteiger partial charge < -0.3 is 25.0 Å². The number of benzene rings is 1. The van der Waals surface area contributed by atoms with E-state index >= 15 is 0 Å². The van der Waals surface area contributed by atoms with Crippen LogP contribution in [0.3, 0.4) is 0 Å². The minimum Gasteiger partial charge on any atom is -0.494 e. The Morgan fingerprint density at radius 2 is 1.79 bits per heavy atom. The lowest BCUT2D eigenvalue weighted by Crippen LogP contribution is -2.49. The van der Waals surface area contributed by atoms with Crippen molar-refractivity contribution < 1.29 is 19.1 Å². The molecular weight excluding hydrogens is 432 g/mol. The summed E-state index contributed by atoms with van der Waals surface area (Å²) in [5.74, 6) is 1.01. The van der Waals surface area contributed by atoms with Crippen molar-refractivity contribution >= 4 is 17.6 Å². The van der Waals surface area contributed by atoms with E-state index in [9.17, 15) is 9.59 Å². The molecule has 2 amide bonds. The average molecular weight is 469 g/mol. The highest BCUT2D eigenvalue weighted by Gasteiger charge is 2.25. The monoisotopic (exact) mass is 468 g/mol. The minimum atomic E-state index is -0.650. The van der Waals surface area contributed by atoms with Crippen LogP contribution in [0.5, 0.6) is 5.75 Å². The van der Waals surface area contributed by atoms with Crippen LogP contribution in [0.2, 0.25) is 0 Å². The number of ether oxygens (including phenoxy) is 2. The molecule has 3 unspecified atom stereocenters. The lowest BCUT2D eigenvalue weighted by atomic mass is 10.0. The molecule has 0 radical (unpaired) electrons. The second-order valence-electron chi connectivity index (χ2n) is 9.06. The van der Waals surface area contributed by atoms with Crippen LogP contribution in [0.4, 0.5) is 5.82 Å². The van der Waals surface area contributed by atoms with Gasteiger partial charge in [-0.25, -0.2) is 4.98 Å². The Labute approximate surface area is 202 Å². The third-order valence-electron chi connectivity index (χ3n) is 5.68. The molecule has 8 nitrogen and oxygen atoms in total.